The number of likely N-dealkylation sites (N-methyl/N-ethyl adjacent to an activating group) is 1. The molecule has 252 valence electrons. The lowest BCUT2D eigenvalue weighted by atomic mass is 9.84. The topological polar surface area (TPSA) is 130 Å². The molecule has 3 aromatic rings. The molecule has 0 unspecified atom stereocenters. The van der Waals surface area contributed by atoms with Gasteiger partial charge in [-0.2, -0.15) is 0 Å². The summed E-state index contributed by atoms with van der Waals surface area (Å²) < 4.78 is -0.705. The van der Waals surface area contributed by atoms with Gasteiger partial charge < -0.3 is 21.7 Å². The Labute approximate surface area is 284 Å². The molecule has 0 aliphatic heterocycles. The molecule has 0 bridgehead atoms. The number of nitrogens with one attached hydrogen (secondary N) is 3. The molecule has 8 nitrogen and oxygen atoms in total. The first kappa shape index (κ1) is 37.5. The summed E-state index contributed by atoms with van der Waals surface area (Å²) in [5.41, 5.74) is 9.24. The van der Waals surface area contributed by atoms with Gasteiger partial charge in [0.05, 0.1) is 29.3 Å². The number of hydrogen-bond acceptors (Lipinski definition) is 6. The molecule has 0 saturated carbocycles. The normalized spacial score (nSPS) is 13.3. The second-order valence-electron chi connectivity index (χ2n) is 12.3. The number of thioether (sulfide) groups is 1. The van der Waals surface area contributed by atoms with Crippen molar-refractivity contribution in [3.63, 3.8) is 0 Å². The van der Waals surface area contributed by atoms with Crippen molar-refractivity contribution < 1.29 is 19.2 Å². The number of Topliss-reactive ketones (excluding diaryl/α,β-unsaturated/α-hetero) is 1. The van der Waals surface area contributed by atoms with Crippen molar-refractivity contribution in [3.8, 4) is 0 Å². The Morgan fingerprint density at radius 1 is 0.809 bits per heavy atom. The summed E-state index contributed by atoms with van der Waals surface area (Å²) in [6, 6.07) is 28.9. The molecule has 3 rings (SSSR count). The summed E-state index contributed by atoms with van der Waals surface area (Å²) in [7, 11) is 1.50. The van der Waals surface area contributed by atoms with Crippen molar-refractivity contribution in [2.75, 3.05) is 19.3 Å². The maximum absolute atomic E-state index is 14.0. The average molecular weight is 659 g/mol. The summed E-state index contributed by atoms with van der Waals surface area (Å²) in [4.78, 5) is 52.8. The first-order valence-electron chi connectivity index (χ1n) is 16.5. The molecule has 47 heavy (non-hydrogen) atoms. The molecule has 3 atom stereocenters. The Morgan fingerprint density at radius 2 is 1.32 bits per heavy atom. The van der Waals surface area contributed by atoms with E-state index in [9.17, 15) is 19.2 Å². The van der Waals surface area contributed by atoms with Crippen LogP contribution >= 0.6 is 11.8 Å². The van der Waals surface area contributed by atoms with Gasteiger partial charge in [-0.05, 0) is 35.4 Å². The van der Waals surface area contributed by atoms with E-state index in [1.165, 1.54) is 7.05 Å². The Balaban J connectivity index is 2.00. The van der Waals surface area contributed by atoms with Crippen LogP contribution in [0.15, 0.2) is 91.0 Å². The van der Waals surface area contributed by atoms with Crippen LogP contribution in [0.25, 0.3) is 0 Å². The van der Waals surface area contributed by atoms with Crippen molar-refractivity contribution in [2.45, 2.75) is 69.7 Å². The van der Waals surface area contributed by atoms with Crippen molar-refractivity contribution in [2.24, 2.45) is 17.6 Å². The van der Waals surface area contributed by atoms with Crippen molar-refractivity contribution in [1.82, 2.24) is 16.0 Å². The van der Waals surface area contributed by atoms with Gasteiger partial charge in [-0.25, -0.2) is 0 Å². The van der Waals surface area contributed by atoms with Crippen LogP contribution in [0.3, 0.4) is 0 Å². The number of hydrogen-bond donors (Lipinski definition) is 4. The van der Waals surface area contributed by atoms with E-state index in [1.54, 1.807) is 11.8 Å². The Bertz CT molecular complexity index is 1320. The third-order valence-electron chi connectivity index (χ3n) is 8.18. The molecular weight excluding hydrogens is 609 g/mol. The molecular formula is C38H50N4O4S. The smallest absolute Gasteiger partial charge is 0.239 e. The van der Waals surface area contributed by atoms with E-state index in [0.29, 0.717) is 12.8 Å². The van der Waals surface area contributed by atoms with E-state index < -0.39 is 28.7 Å². The number of benzene rings is 3. The van der Waals surface area contributed by atoms with Gasteiger partial charge in [-0.3, -0.25) is 19.2 Å². The number of rotatable bonds is 19. The highest BCUT2D eigenvalue weighted by molar-refractivity contribution is 8.00. The largest absolute Gasteiger partial charge is 0.358 e. The molecule has 0 saturated heterocycles. The Morgan fingerprint density at radius 3 is 1.77 bits per heavy atom. The second kappa shape index (κ2) is 19.0. The average Bonchev–Trinajstić information content (AvgIpc) is 3.09. The number of ketones is 1. The van der Waals surface area contributed by atoms with Gasteiger partial charge >= 0.3 is 0 Å². The van der Waals surface area contributed by atoms with Gasteiger partial charge in [-0.15, -0.1) is 11.8 Å². The predicted molar refractivity (Wildman–Crippen MR) is 191 cm³/mol. The lowest BCUT2D eigenvalue weighted by molar-refractivity contribution is -0.132. The Hall–Kier alpha value is -3.95. The van der Waals surface area contributed by atoms with Crippen molar-refractivity contribution in [3.05, 3.63) is 108 Å². The molecule has 5 N–H and O–H groups in total. The standard InChI is InChI=1S/C38H50N4O4S/c1-5-6-22-32(39)37(46)42-33(23-27(2)3)34(43)24-28(36(45)41-25-35(44)40-4)26-47-38(29-16-10-7-11-17-29,30-18-12-8-13-19-30)31-20-14-9-15-21-31/h7-21,27-28,32-33H,5-6,22-26,39H2,1-4H3,(H,40,44)(H,41,45)(H,42,46)/t28-,32-,33-/m0/s1. The van der Waals surface area contributed by atoms with Gasteiger partial charge in [0.2, 0.25) is 17.7 Å². The zero-order valence-electron chi connectivity index (χ0n) is 28.0. The molecule has 0 aromatic heterocycles. The lowest BCUT2D eigenvalue weighted by Crippen LogP contribution is -2.50. The molecule has 0 spiro atoms. The third-order valence-corrected chi connectivity index (χ3v) is 9.89. The first-order valence-corrected chi connectivity index (χ1v) is 17.5. The van der Waals surface area contributed by atoms with Crippen LogP contribution in [0, 0.1) is 11.8 Å². The van der Waals surface area contributed by atoms with E-state index in [1.807, 2.05) is 75.4 Å². The molecule has 0 heterocycles. The highest BCUT2D eigenvalue weighted by Crippen LogP contribution is 2.49. The molecule has 0 fully saturated rings. The van der Waals surface area contributed by atoms with Crippen LogP contribution in [-0.2, 0) is 23.9 Å². The molecule has 0 radical (unpaired) electrons. The maximum Gasteiger partial charge on any atom is 0.239 e. The van der Waals surface area contributed by atoms with Crippen LogP contribution in [0.5, 0.6) is 0 Å². The fourth-order valence-corrected chi connectivity index (χ4v) is 7.21. The number of carbonyl (C=O) groups is 4. The second-order valence-corrected chi connectivity index (χ2v) is 13.5. The van der Waals surface area contributed by atoms with Gasteiger partial charge in [0, 0.05) is 19.2 Å². The number of unbranched alkanes of at least 4 members (excludes halogenated alkanes) is 1. The van der Waals surface area contributed by atoms with Crippen molar-refractivity contribution in [1.29, 1.82) is 0 Å². The molecule has 0 aliphatic carbocycles. The van der Waals surface area contributed by atoms with Gasteiger partial charge in [-0.1, -0.05) is 125 Å². The summed E-state index contributed by atoms with van der Waals surface area (Å²) in [6.45, 7) is 5.80. The van der Waals surface area contributed by atoms with Crippen LogP contribution in [0.1, 0.15) is 69.6 Å². The first-order chi connectivity index (χ1) is 22.6. The number of amides is 3. The van der Waals surface area contributed by atoms with E-state index in [4.69, 9.17) is 5.73 Å². The van der Waals surface area contributed by atoms with E-state index >= 15 is 0 Å². The minimum atomic E-state index is -0.784. The van der Waals surface area contributed by atoms with Gasteiger partial charge in [0.15, 0.2) is 5.78 Å². The number of carbonyl (C=O) groups excluding carboxylic acids is 4. The van der Waals surface area contributed by atoms with Crippen LogP contribution in [-0.4, -0.2) is 54.9 Å². The molecule has 3 aromatic carbocycles. The Kier molecular flexibility index (Phi) is 15.2. The van der Waals surface area contributed by atoms with Gasteiger partial charge in [0.1, 0.15) is 0 Å². The minimum Gasteiger partial charge on any atom is -0.358 e. The van der Waals surface area contributed by atoms with Crippen LogP contribution in [0.4, 0.5) is 0 Å². The fraction of sp³-hybridized carbons (Fsp3) is 0.421. The number of nitrogens with two attached hydrogens (primary N) is 1. The van der Waals surface area contributed by atoms with Crippen LogP contribution < -0.4 is 21.7 Å². The van der Waals surface area contributed by atoms with Gasteiger partial charge in [0.25, 0.3) is 0 Å². The minimum absolute atomic E-state index is 0.108. The summed E-state index contributed by atoms with van der Waals surface area (Å²) in [6.07, 6.45) is 2.58. The van der Waals surface area contributed by atoms with Crippen LogP contribution in [0.2, 0.25) is 0 Å². The van der Waals surface area contributed by atoms with E-state index in [2.05, 4.69) is 52.3 Å². The SMILES string of the molecule is CCCC[C@H](N)C(=O)N[C@@H](CC(C)C)C(=O)C[C@@H](CSC(c1ccccc1)(c1ccccc1)c1ccccc1)C(=O)NCC(=O)NC. The highest BCUT2D eigenvalue weighted by atomic mass is 32.2. The third kappa shape index (κ3) is 10.8. The zero-order chi connectivity index (χ0) is 34.2. The quantitative estimate of drug-likeness (QED) is 0.131. The molecule has 9 heteroatoms. The predicted octanol–water partition coefficient (Wildman–Crippen LogP) is 5.20. The zero-order valence-corrected chi connectivity index (χ0v) is 28.9. The summed E-state index contributed by atoms with van der Waals surface area (Å²) >= 11 is 1.58. The van der Waals surface area contributed by atoms with Crippen molar-refractivity contribution >= 4 is 35.3 Å². The monoisotopic (exact) mass is 658 g/mol. The summed E-state index contributed by atoms with van der Waals surface area (Å²) in [5, 5.41) is 8.15. The summed E-state index contributed by atoms with van der Waals surface area (Å²) in [5.74, 6) is -1.73. The lowest BCUT2D eigenvalue weighted by Gasteiger charge is -2.36. The van der Waals surface area contributed by atoms with E-state index in [0.717, 1.165) is 29.5 Å². The maximum atomic E-state index is 14.0. The molecule has 0 aliphatic rings. The van der Waals surface area contributed by atoms with E-state index in [-0.39, 0.29) is 42.2 Å². The fourth-order valence-electron chi connectivity index (χ4n) is 5.58. The molecule has 3 amide bonds. The highest BCUT2D eigenvalue weighted by Gasteiger charge is 2.39.